The van der Waals surface area contributed by atoms with Gasteiger partial charge in [0.1, 0.15) is 0 Å². The fraction of sp³-hybridized carbons (Fsp3) is 0.407. The Hall–Kier alpha value is -2.48. The lowest BCUT2D eigenvalue weighted by atomic mass is 9.81. The zero-order valence-corrected chi connectivity index (χ0v) is 19.2. The predicted molar refractivity (Wildman–Crippen MR) is 124 cm³/mol. The van der Waals surface area contributed by atoms with Gasteiger partial charge in [0.05, 0.1) is 11.4 Å². The third-order valence-electron chi connectivity index (χ3n) is 6.20. The van der Waals surface area contributed by atoms with E-state index in [0.29, 0.717) is 0 Å². The van der Waals surface area contributed by atoms with Gasteiger partial charge < -0.3 is 0 Å². The van der Waals surface area contributed by atoms with E-state index in [9.17, 15) is 0 Å². The summed E-state index contributed by atoms with van der Waals surface area (Å²) in [5, 5.41) is 9.12. The molecule has 0 amide bonds. The topological polar surface area (TPSA) is 25.8 Å². The fourth-order valence-electron chi connectivity index (χ4n) is 3.61. The summed E-state index contributed by atoms with van der Waals surface area (Å²) in [6, 6.07) is 17.5. The average molecular weight is 387 g/mol. The van der Waals surface area contributed by atoms with E-state index in [1.807, 2.05) is 0 Å². The molecule has 0 aliphatic carbocycles. The molecule has 0 atom stereocenters. The first kappa shape index (κ1) is 21.2. The molecule has 0 spiro atoms. The van der Waals surface area contributed by atoms with Crippen LogP contribution in [-0.2, 0) is 10.8 Å². The largest absolute Gasteiger partial charge is 0.150 e. The van der Waals surface area contributed by atoms with Crippen LogP contribution in [-0.4, -0.2) is 10.2 Å². The third-order valence-corrected chi connectivity index (χ3v) is 6.20. The number of benzene rings is 2. The van der Waals surface area contributed by atoms with Crippen molar-refractivity contribution in [3.63, 3.8) is 0 Å². The molecule has 152 valence electrons. The highest BCUT2D eigenvalue weighted by molar-refractivity contribution is 5.68. The molecule has 0 aliphatic heterocycles. The smallest absolute Gasteiger partial charge is 0.0932 e. The minimum absolute atomic E-state index is 0.148. The Labute approximate surface area is 176 Å². The summed E-state index contributed by atoms with van der Waals surface area (Å²) in [5.74, 6) is 0. The van der Waals surface area contributed by atoms with Gasteiger partial charge in [-0.3, -0.25) is 0 Å². The van der Waals surface area contributed by atoms with Crippen LogP contribution >= 0.6 is 0 Å². The highest BCUT2D eigenvalue weighted by Gasteiger charge is 2.19. The lowest BCUT2D eigenvalue weighted by Gasteiger charge is -2.24. The number of rotatable bonds is 4. The molecule has 2 nitrogen and oxygen atoms in total. The van der Waals surface area contributed by atoms with E-state index in [-0.39, 0.29) is 10.8 Å². The summed E-state index contributed by atoms with van der Waals surface area (Å²) in [7, 11) is 0. The zero-order valence-electron chi connectivity index (χ0n) is 19.2. The summed E-state index contributed by atoms with van der Waals surface area (Å²) in [6.07, 6.45) is 1.12. The molecule has 0 aliphatic rings. The second-order valence-corrected chi connectivity index (χ2v) is 9.85. The van der Waals surface area contributed by atoms with E-state index in [1.165, 1.54) is 22.3 Å². The molecule has 0 radical (unpaired) electrons. The molecule has 2 aromatic carbocycles. The molecule has 1 aromatic heterocycles. The maximum atomic E-state index is 4.56. The van der Waals surface area contributed by atoms with Crippen LogP contribution in [0, 0.1) is 13.8 Å². The molecule has 0 unspecified atom stereocenters. The molecule has 0 N–H and O–H groups in total. The van der Waals surface area contributed by atoms with Crippen LogP contribution in [0.5, 0.6) is 0 Å². The average Bonchev–Trinajstić information content (AvgIpc) is 2.67. The van der Waals surface area contributed by atoms with Crippen LogP contribution in [0.2, 0.25) is 0 Å². The van der Waals surface area contributed by atoms with Crippen molar-refractivity contribution in [3.05, 3.63) is 70.8 Å². The van der Waals surface area contributed by atoms with Crippen molar-refractivity contribution in [2.75, 3.05) is 0 Å². The van der Waals surface area contributed by atoms with E-state index in [0.717, 1.165) is 28.9 Å². The van der Waals surface area contributed by atoms with Crippen molar-refractivity contribution in [2.24, 2.45) is 0 Å². The van der Waals surface area contributed by atoms with Crippen molar-refractivity contribution < 1.29 is 0 Å². The Morgan fingerprint density at radius 3 is 1.48 bits per heavy atom. The standard InChI is InChI=1S/C27H34N2/c1-9-27(7,8)21-11-13-23(19(3)17-21)25-15-14-24(28-29-25)22-12-10-20(16-18(22)2)26(4,5)6/h10-17H,9H2,1-8H3. The number of hydrogen-bond acceptors (Lipinski definition) is 2. The van der Waals surface area contributed by atoms with Crippen LogP contribution in [0.15, 0.2) is 48.5 Å². The maximum Gasteiger partial charge on any atom is 0.0932 e. The van der Waals surface area contributed by atoms with Crippen molar-refractivity contribution in [2.45, 2.75) is 72.6 Å². The summed E-state index contributed by atoms with van der Waals surface area (Å²) < 4.78 is 0. The van der Waals surface area contributed by atoms with E-state index < -0.39 is 0 Å². The molecular formula is C27H34N2. The monoisotopic (exact) mass is 386 g/mol. The number of aromatic nitrogens is 2. The van der Waals surface area contributed by atoms with Gasteiger partial charge in [0.15, 0.2) is 0 Å². The molecule has 0 saturated carbocycles. The molecule has 0 fully saturated rings. The van der Waals surface area contributed by atoms with Gasteiger partial charge in [-0.15, -0.1) is 10.2 Å². The molecule has 0 saturated heterocycles. The molecule has 3 rings (SSSR count). The minimum atomic E-state index is 0.148. The van der Waals surface area contributed by atoms with Gasteiger partial charge in [-0.2, -0.15) is 0 Å². The van der Waals surface area contributed by atoms with Crippen LogP contribution in [0.1, 0.15) is 70.2 Å². The van der Waals surface area contributed by atoms with E-state index in [2.05, 4.69) is 114 Å². The van der Waals surface area contributed by atoms with Gasteiger partial charge in [-0.25, -0.2) is 0 Å². The van der Waals surface area contributed by atoms with Crippen molar-refractivity contribution >= 4 is 0 Å². The quantitative estimate of drug-likeness (QED) is 0.466. The summed E-state index contributed by atoms with van der Waals surface area (Å²) in [6.45, 7) is 17.9. The van der Waals surface area contributed by atoms with E-state index in [1.54, 1.807) is 0 Å². The molecule has 2 heteroatoms. The second-order valence-electron chi connectivity index (χ2n) is 9.85. The fourth-order valence-corrected chi connectivity index (χ4v) is 3.61. The first-order chi connectivity index (χ1) is 13.5. The van der Waals surface area contributed by atoms with Gasteiger partial charge in [0, 0.05) is 11.1 Å². The van der Waals surface area contributed by atoms with Crippen molar-refractivity contribution in [1.29, 1.82) is 0 Å². The Balaban J connectivity index is 1.92. The number of nitrogens with zero attached hydrogens (tertiary/aromatic N) is 2. The SMILES string of the molecule is CCC(C)(C)c1ccc(-c2ccc(-c3ccc(C(C)(C)C)cc3C)nn2)c(C)c1. The van der Waals surface area contributed by atoms with Gasteiger partial charge in [-0.1, -0.05) is 77.9 Å². The van der Waals surface area contributed by atoms with Crippen LogP contribution in [0.4, 0.5) is 0 Å². The summed E-state index contributed by atoms with van der Waals surface area (Å²) >= 11 is 0. The molecule has 1 heterocycles. The molecule has 29 heavy (non-hydrogen) atoms. The van der Waals surface area contributed by atoms with Gasteiger partial charge >= 0.3 is 0 Å². The highest BCUT2D eigenvalue weighted by atomic mass is 15.1. The Kier molecular flexibility index (Phi) is 5.67. The van der Waals surface area contributed by atoms with Crippen LogP contribution < -0.4 is 0 Å². The Morgan fingerprint density at radius 2 is 1.10 bits per heavy atom. The second kappa shape index (κ2) is 7.74. The first-order valence-electron chi connectivity index (χ1n) is 10.6. The highest BCUT2D eigenvalue weighted by Crippen LogP contribution is 2.32. The van der Waals surface area contributed by atoms with E-state index in [4.69, 9.17) is 0 Å². The van der Waals surface area contributed by atoms with Crippen LogP contribution in [0.25, 0.3) is 22.5 Å². The first-order valence-corrected chi connectivity index (χ1v) is 10.6. The summed E-state index contributed by atoms with van der Waals surface area (Å²) in [5.41, 5.74) is 9.69. The lowest BCUT2D eigenvalue weighted by molar-refractivity contribution is 0.506. The van der Waals surface area contributed by atoms with Gasteiger partial charge in [0.25, 0.3) is 0 Å². The van der Waals surface area contributed by atoms with Gasteiger partial charge in [0.2, 0.25) is 0 Å². The zero-order chi connectivity index (χ0) is 21.4. The van der Waals surface area contributed by atoms with Gasteiger partial charge in [-0.05, 0) is 65.5 Å². The van der Waals surface area contributed by atoms with Crippen LogP contribution in [0.3, 0.4) is 0 Å². The Morgan fingerprint density at radius 1 is 0.655 bits per heavy atom. The van der Waals surface area contributed by atoms with Crippen molar-refractivity contribution in [3.8, 4) is 22.5 Å². The number of hydrogen-bond donors (Lipinski definition) is 0. The predicted octanol–water partition coefficient (Wildman–Crippen LogP) is 7.41. The number of aryl methyl sites for hydroxylation is 2. The van der Waals surface area contributed by atoms with E-state index >= 15 is 0 Å². The molecule has 3 aromatic rings. The normalized spacial score (nSPS) is 12.3. The molecular weight excluding hydrogens is 352 g/mol. The minimum Gasteiger partial charge on any atom is -0.150 e. The van der Waals surface area contributed by atoms with Crippen molar-refractivity contribution in [1.82, 2.24) is 10.2 Å². The summed E-state index contributed by atoms with van der Waals surface area (Å²) in [4.78, 5) is 0. The Bertz CT molecular complexity index is 1010. The molecule has 0 bridgehead atoms. The maximum absolute atomic E-state index is 4.56. The lowest BCUT2D eigenvalue weighted by Crippen LogP contribution is -2.15. The third kappa shape index (κ3) is 4.42.